The quantitative estimate of drug-likeness (QED) is 0.762. The van der Waals surface area contributed by atoms with Crippen molar-refractivity contribution in [3.63, 3.8) is 0 Å². The van der Waals surface area contributed by atoms with Gasteiger partial charge in [-0.25, -0.2) is 9.97 Å². The Hall–Kier alpha value is -0.630. The van der Waals surface area contributed by atoms with E-state index in [1.807, 2.05) is 0 Å². The lowest BCUT2D eigenvalue weighted by Crippen LogP contribution is -2.23. The highest BCUT2D eigenvalue weighted by Crippen LogP contribution is 2.29. The van der Waals surface area contributed by atoms with Crippen LogP contribution >= 0.6 is 11.6 Å². The molecule has 0 amide bonds. The molecule has 2 nitrogen and oxygen atoms in total. The molecule has 14 heavy (non-hydrogen) atoms. The normalized spacial score (nSPS) is 15.1. The van der Waals surface area contributed by atoms with Crippen LogP contribution in [-0.2, 0) is 5.41 Å². The fraction of sp³-hybridized carbons (Fsp3) is 0.636. The molecule has 0 aliphatic carbocycles. The Morgan fingerprint density at radius 3 is 2.29 bits per heavy atom. The van der Waals surface area contributed by atoms with Gasteiger partial charge in [-0.3, -0.25) is 0 Å². The van der Waals surface area contributed by atoms with Crippen molar-refractivity contribution in [2.75, 3.05) is 0 Å². The number of aromatic nitrogens is 2. The van der Waals surface area contributed by atoms with Gasteiger partial charge in [-0.15, -0.1) is 0 Å². The molecule has 1 aromatic rings. The second kappa shape index (κ2) is 4.74. The van der Waals surface area contributed by atoms with Gasteiger partial charge in [0.25, 0.3) is 0 Å². The predicted molar refractivity (Wildman–Crippen MR) is 59.6 cm³/mol. The zero-order valence-corrected chi connectivity index (χ0v) is 9.80. The molecule has 0 saturated heterocycles. The van der Waals surface area contributed by atoms with E-state index in [4.69, 9.17) is 11.6 Å². The van der Waals surface area contributed by atoms with Crippen LogP contribution in [0.15, 0.2) is 12.4 Å². The number of hydrogen-bond acceptors (Lipinski definition) is 2. The molecule has 3 heteroatoms. The van der Waals surface area contributed by atoms with E-state index >= 15 is 0 Å². The molecular weight excluding hydrogens is 196 g/mol. The van der Waals surface area contributed by atoms with E-state index in [9.17, 15) is 0 Å². The molecule has 0 bridgehead atoms. The van der Waals surface area contributed by atoms with Crippen molar-refractivity contribution >= 4 is 11.6 Å². The van der Waals surface area contributed by atoms with Crippen LogP contribution in [0.2, 0.25) is 5.02 Å². The predicted octanol–water partition coefficient (Wildman–Crippen LogP) is 3.60. The molecule has 0 aromatic carbocycles. The van der Waals surface area contributed by atoms with Crippen molar-refractivity contribution in [3.8, 4) is 0 Å². The van der Waals surface area contributed by atoms with Gasteiger partial charge in [0.1, 0.15) is 5.82 Å². The molecule has 1 heterocycles. The van der Waals surface area contributed by atoms with Crippen LogP contribution in [0.3, 0.4) is 0 Å². The molecular formula is C11H17ClN2. The van der Waals surface area contributed by atoms with Crippen LogP contribution in [0.25, 0.3) is 0 Å². The maximum absolute atomic E-state index is 5.76. The molecule has 0 aliphatic heterocycles. The highest BCUT2D eigenvalue weighted by molar-refractivity contribution is 6.30. The summed E-state index contributed by atoms with van der Waals surface area (Å²) in [5.74, 6) is 0.909. The molecule has 1 rings (SSSR count). The third kappa shape index (κ3) is 2.44. The number of hydrogen-bond donors (Lipinski definition) is 0. The number of halogens is 1. The van der Waals surface area contributed by atoms with Crippen molar-refractivity contribution in [1.29, 1.82) is 0 Å². The maximum Gasteiger partial charge on any atom is 0.134 e. The summed E-state index contributed by atoms with van der Waals surface area (Å²) in [7, 11) is 0. The van der Waals surface area contributed by atoms with Gasteiger partial charge in [-0.1, -0.05) is 38.8 Å². The Kier molecular flexibility index (Phi) is 3.87. The van der Waals surface area contributed by atoms with E-state index in [0.29, 0.717) is 5.02 Å². The van der Waals surface area contributed by atoms with Gasteiger partial charge in [0.2, 0.25) is 0 Å². The zero-order chi connectivity index (χ0) is 10.6. The van der Waals surface area contributed by atoms with E-state index in [-0.39, 0.29) is 5.41 Å². The summed E-state index contributed by atoms with van der Waals surface area (Å²) in [4.78, 5) is 8.59. The van der Waals surface area contributed by atoms with E-state index in [1.165, 1.54) is 0 Å². The lowest BCUT2D eigenvalue weighted by molar-refractivity contribution is 0.389. The third-order valence-electron chi connectivity index (χ3n) is 2.74. The summed E-state index contributed by atoms with van der Waals surface area (Å²) in [5.41, 5.74) is 0.0966. The average molecular weight is 213 g/mol. The minimum absolute atomic E-state index is 0.0966. The first kappa shape index (κ1) is 11.4. The Labute approximate surface area is 90.7 Å². The van der Waals surface area contributed by atoms with Gasteiger partial charge < -0.3 is 0 Å². The SMILES string of the molecule is CCCC(C)(CC)c1ncc(Cl)cn1. The molecule has 1 unspecified atom stereocenters. The number of rotatable bonds is 4. The van der Waals surface area contributed by atoms with Gasteiger partial charge in [0, 0.05) is 17.8 Å². The first-order chi connectivity index (χ1) is 6.62. The Morgan fingerprint density at radius 1 is 1.29 bits per heavy atom. The smallest absolute Gasteiger partial charge is 0.134 e. The number of nitrogens with zero attached hydrogens (tertiary/aromatic N) is 2. The summed E-state index contributed by atoms with van der Waals surface area (Å²) in [6.07, 6.45) is 6.67. The van der Waals surface area contributed by atoms with Crippen LogP contribution in [0, 0.1) is 0 Å². The molecule has 0 saturated carbocycles. The van der Waals surface area contributed by atoms with Gasteiger partial charge in [-0.05, 0) is 12.8 Å². The first-order valence-corrected chi connectivity index (χ1v) is 5.48. The molecule has 0 fully saturated rings. The Bertz CT molecular complexity index is 284. The van der Waals surface area contributed by atoms with Gasteiger partial charge >= 0.3 is 0 Å². The van der Waals surface area contributed by atoms with E-state index < -0.39 is 0 Å². The van der Waals surface area contributed by atoms with E-state index in [2.05, 4.69) is 30.7 Å². The maximum atomic E-state index is 5.76. The summed E-state index contributed by atoms with van der Waals surface area (Å²) in [6.45, 7) is 6.57. The van der Waals surface area contributed by atoms with E-state index in [1.54, 1.807) is 12.4 Å². The van der Waals surface area contributed by atoms with Crippen LogP contribution < -0.4 is 0 Å². The first-order valence-electron chi connectivity index (χ1n) is 5.10. The fourth-order valence-electron chi connectivity index (χ4n) is 1.62. The lowest BCUT2D eigenvalue weighted by Gasteiger charge is -2.25. The molecule has 78 valence electrons. The molecule has 1 aromatic heterocycles. The van der Waals surface area contributed by atoms with Crippen molar-refractivity contribution in [3.05, 3.63) is 23.2 Å². The molecule has 0 radical (unpaired) electrons. The summed E-state index contributed by atoms with van der Waals surface area (Å²) < 4.78 is 0. The van der Waals surface area contributed by atoms with Crippen molar-refractivity contribution < 1.29 is 0 Å². The summed E-state index contributed by atoms with van der Waals surface area (Å²) >= 11 is 5.76. The highest BCUT2D eigenvalue weighted by atomic mass is 35.5. The highest BCUT2D eigenvalue weighted by Gasteiger charge is 2.26. The second-order valence-corrected chi connectivity index (χ2v) is 4.33. The minimum atomic E-state index is 0.0966. The third-order valence-corrected chi connectivity index (χ3v) is 2.94. The fourth-order valence-corrected chi connectivity index (χ4v) is 1.72. The standard InChI is InChI=1S/C11H17ClN2/c1-4-6-11(3,5-2)10-13-7-9(12)8-14-10/h7-8H,4-6H2,1-3H3. The topological polar surface area (TPSA) is 25.8 Å². The van der Waals surface area contributed by atoms with Crippen molar-refractivity contribution in [2.24, 2.45) is 0 Å². The summed E-state index contributed by atoms with van der Waals surface area (Å²) in [5, 5.41) is 0.601. The van der Waals surface area contributed by atoms with Gasteiger partial charge in [-0.2, -0.15) is 0 Å². The molecule has 0 aliphatic rings. The van der Waals surface area contributed by atoms with Gasteiger partial charge in [0.15, 0.2) is 0 Å². The molecule has 1 atom stereocenters. The Morgan fingerprint density at radius 2 is 1.86 bits per heavy atom. The largest absolute Gasteiger partial charge is 0.239 e. The Balaban J connectivity index is 2.94. The molecule has 0 spiro atoms. The van der Waals surface area contributed by atoms with Gasteiger partial charge in [0.05, 0.1) is 5.02 Å². The van der Waals surface area contributed by atoms with Crippen LogP contribution in [0.1, 0.15) is 45.9 Å². The zero-order valence-electron chi connectivity index (χ0n) is 9.05. The average Bonchev–Trinajstić information content (AvgIpc) is 2.19. The lowest BCUT2D eigenvalue weighted by atomic mass is 9.82. The van der Waals surface area contributed by atoms with E-state index in [0.717, 1.165) is 25.1 Å². The molecule has 0 N–H and O–H groups in total. The van der Waals surface area contributed by atoms with Crippen molar-refractivity contribution in [2.45, 2.75) is 45.4 Å². The summed E-state index contributed by atoms with van der Waals surface area (Å²) in [6, 6.07) is 0. The minimum Gasteiger partial charge on any atom is -0.239 e. The van der Waals surface area contributed by atoms with Crippen molar-refractivity contribution in [1.82, 2.24) is 9.97 Å². The second-order valence-electron chi connectivity index (χ2n) is 3.89. The van der Waals surface area contributed by atoms with Crippen LogP contribution in [0.5, 0.6) is 0 Å². The van der Waals surface area contributed by atoms with Crippen LogP contribution in [0.4, 0.5) is 0 Å². The monoisotopic (exact) mass is 212 g/mol. The van der Waals surface area contributed by atoms with Crippen LogP contribution in [-0.4, -0.2) is 9.97 Å².